The molecule has 2 atom stereocenters. The molecule has 6 heteroatoms. The first kappa shape index (κ1) is 20.7. The fraction of sp³-hybridized carbons (Fsp3) is 0.889. The lowest BCUT2D eigenvalue weighted by Gasteiger charge is -2.40. The molecule has 1 rings (SSSR count). The predicted octanol–water partition coefficient (Wildman–Crippen LogP) is 1.76. The molecular formula is C18H36N4O2. The summed E-state index contributed by atoms with van der Waals surface area (Å²) in [6.45, 7) is 12.7. The summed E-state index contributed by atoms with van der Waals surface area (Å²) in [6, 6.07) is 0. The Labute approximate surface area is 147 Å². The zero-order chi connectivity index (χ0) is 18.4. The lowest BCUT2D eigenvalue weighted by atomic mass is 9.78. The Bertz CT molecular complexity index is 441. The summed E-state index contributed by atoms with van der Waals surface area (Å²) in [5, 5.41) is 9.35. The summed E-state index contributed by atoms with van der Waals surface area (Å²) < 4.78 is 6.03. The Morgan fingerprint density at radius 1 is 1.21 bits per heavy atom. The average molecular weight is 341 g/mol. The Hall–Kier alpha value is -1.30. The standard InChI is InChI=1S/C18H36N4O2/c1-17(2,3)14-13(9-8-10-24-14)11-21-16(20-7)22-12-18(4,5)15(23)19-6/h13-14H,8-12H2,1-7H3,(H,19,23)(H2,20,21,22). The number of amides is 1. The van der Waals surface area contributed by atoms with Gasteiger partial charge in [0.05, 0.1) is 11.5 Å². The lowest BCUT2D eigenvalue weighted by molar-refractivity contribution is -0.128. The number of hydrogen-bond donors (Lipinski definition) is 3. The number of hydrogen-bond acceptors (Lipinski definition) is 3. The van der Waals surface area contributed by atoms with Gasteiger partial charge in [-0.25, -0.2) is 0 Å². The van der Waals surface area contributed by atoms with Crippen molar-refractivity contribution < 1.29 is 9.53 Å². The van der Waals surface area contributed by atoms with E-state index in [1.807, 2.05) is 13.8 Å². The summed E-state index contributed by atoms with van der Waals surface area (Å²) >= 11 is 0. The fourth-order valence-corrected chi connectivity index (χ4v) is 3.18. The van der Waals surface area contributed by atoms with Crippen molar-refractivity contribution in [2.24, 2.45) is 21.7 Å². The van der Waals surface area contributed by atoms with Gasteiger partial charge in [0.15, 0.2) is 5.96 Å². The summed E-state index contributed by atoms with van der Waals surface area (Å²) in [7, 11) is 3.41. The van der Waals surface area contributed by atoms with E-state index in [0.29, 0.717) is 12.5 Å². The maximum atomic E-state index is 11.9. The van der Waals surface area contributed by atoms with Crippen molar-refractivity contribution in [3.63, 3.8) is 0 Å². The predicted molar refractivity (Wildman–Crippen MR) is 99.1 cm³/mol. The topological polar surface area (TPSA) is 74.8 Å². The second kappa shape index (κ2) is 8.70. The molecule has 1 heterocycles. The molecule has 0 bridgehead atoms. The molecule has 6 nitrogen and oxygen atoms in total. The Morgan fingerprint density at radius 2 is 1.88 bits per heavy atom. The number of carbonyl (C=O) groups is 1. The molecule has 3 N–H and O–H groups in total. The molecule has 0 aromatic rings. The summed E-state index contributed by atoms with van der Waals surface area (Å²) in [5.74, 6) is 1.20. The number of guanidine groups is 1. The third kappa shape index (κ3) is 5.96. The Morgan fingerprint density at radius 3 is 2.42 bits per heavy atom. The number of aliphatic imine (C=N–C) groups is 1. The third-order valence-electron chi connectivity index (χ3n) is 4.59. The van der Waals surface area contributed by atoms with Crippen LogP contribution in [-0.2, 0) is 9.53 Å². The highest BCUT2D eigenvalue weighted by atomic mass is 16.5. The van der Waals surface area contributed by atoms with Gasteiger partial charge in [0.2, 0.25) is 5.91 Å². The molecule has 1 saturated heterocycles. The van der Waals surface area contributed by atoms with Gasteiger partial charge in [0.25, 0.3) is 0 Å². The van der Waals surface area contributed by atoms with E-state index in [-0.39, 0.29) is 17.4 Å². The van der Waals surface area contributed by atoms with E-state index in [4.69, 9.17) is 4.74 Å². The zero-order valence-corrected chi connectivity index (χ0v) is 16.5. The molecule has 0 radical (unpaired) electrons. The molecule has 2 unspecified atom stereocenters. The van der Waals surface area contributed by atoms with E-state index < -0.39 is 5.41 Å². The highest BCUT2D eigenvalue weighted by Crippen LogP contribution is 2.33. The van der Waals surface area contributed by atoms with Gasteiger partial charge in [-0.3, -0.25) is 9.79 Å². The molecule has 1 fully saturated rings. The molecule has 0 spiro atoms. The van der Waals surface area contributed by atoms with Crippen LogP contribution >= 0.6 is 0 Å². The lowest BCUT2D eigenvalue weighted by Crippen LogP contribution is -2.50. The van der Waals surface area contributed by atoms with Crippen LogP contribution in [0, 0.1) is 16.7 Å². The first-order chi connectivity index (χ1) is 11.1. The van der Waals surface area contributed by atoms with Gasteiger partial charge in [-0.15, -0.1) is 0 Å². The van der Waals surface area contributed by atoms with E-state index in [2.05, 4.69) is 41.7 Å². The average Bonchev–Trinajstić information content (AvgIpc) is 2.53. The van der Waals surface area contributed by atoms with Crippen LogP contribution in [0.3, 0.4) is 0 Å². The second-order valence-electron chi connectivity index (χ2n) is 8.33. The SMILES string of the molecule is CN=C(NCC1CCCOC1C(C)(C)C)NCC(C)(C)C(=O)NC. The van der Waals surface area contributed by atoms with Crippen LogP contribution in [0.2, 0.25) is 0 Å². The number of ether oxygens (including phenoxy) is 1. The van der Waals surface area contributed by atoms with Crippen LogP contribution in [-0.4, -0.2) is 51.8 Å². The minimum absolute atomic E-state index is 0.0129. The van der Waals surface area contributed by atoms with Crippen LogP contribution < -0.4 is 16.0 Å². The number of rotatable bonds is 5. The number of nitrogens with one attached hydrogen (secondary N) is 3. The van der Waals surface area contributed by atoms with Gasteiger partial charge in [0.1, 0.15) is 0 Å². The quantitative estimate of drug-likeness (QED) is 0.527. The molecule has 1 aliphatic heterocycles. The monoisotopic (exact) mass is 340 g/mol. The Balaban J connectivity index is 2.55. The number of carbonyl (C=O) groups excluding carboxylic acids is 1. The molecule has 0 aromatic carbocycles. The van der Waals surface area contributed by atoms with E-state index in [0.717, 1.165) is 32.0 Å². The zero-order valence-electron chi connectivity index (χ0n) is 16.5. The summed E-state index contributed by atoms with van der Waals surface area (Å²) in [6.07, 6.45) is 2.52. The van der Waals surface area contributed by atoms with Crippen molar-refractivity contribution >= 4 is 11.9 Å². The fourth-order valence-electron chi connectivity index (χ4n) is 3.18. The van der Waals surface area contributed by atoms with Crippen LogP contribution in [0.4, 0.5) is 0 Å². The summed E-state index contributed by atoms with van der Waals surface area (Å²) in [5.41, 5.74) is -0.362. The van der Waals surface area contributed by atoms with Crippen LogP contribution in [0.25, 0.3) is 0 Å². The Kier molecular flexibility index (Phi) is 7.52. The minimum atomic E-state index is -0.492. The normalized spacial score (nSPS) is 22.9. The first-order valence-electron chi connectivity index (χ1n) is 8.90. The van der Waals surface area contributed by atoms with Gasteiger partial charge in [0, 0.05) is 39.7 Å². The second-order valence-corrected chi connectivity index (χ2v) is 8.33. The van der Waals surface area contributed by atoms with Crippen LogP contribution in [0.15, 0.2) is 4.99 Å². The molecule has 0 saturated carbocycles. The maximum absolute atomic E-state index is 11.9. The van der Waals surface area contributed by atoms with Gasteiger partial charge in [-0.2, -0.15) is 0 Å². The summed E-state index contributed by atoms with van der Waals surface area (Å²) in [4.78, 5) is 16.1. The van der Waals surface area contributed by atoms with E-state index in [1.54, 1.807) is 14.1 Å². The van der Waals surface area contributed by atoms with Crippen LogP contribution in [0.1, 0.15) is 47.5 Å². The molecular weight excluding hydrogens is 304 g/mol. The molecule has 24 heavy (non-hydrogen) atoms. The third-order valence-corrected chi connectivity index (χ3v) is 4.59. The smallest absolute Gasteiger partial charge is 0.227 e. The highest BCUT2D eigenvalue weighted by Gasteiger charge is 2.35. The van der Waals surface area contributed by atoms with E-state index >= 15 is 0 Å². The molecule has 0 aromatic heterocycles. The van der Waals surface area contributed by atoms with Crippen molar-refractivity contribution in [1.82, 2.24) is 16.0 Å². The van der Waals surface area contributed by atoms with Gasteiger partial charge in [-0.05, 0) is 32.1 Å². The highest BCUT2D eigenvalue weighted by molar-refractivity contribution is 5.84. The van der Waals surface area contributed by atoms with Crippen molar-refractivity contribution in [3.8, 4) is 0 Å². The van der Waals surface area contributed by atoms with E-state index in [9.17, 15) is 4.79 Å². The molecule has 1 aliphatic rings. The van der Waals surface area contributed by atoms with E-state index in [1.165, 1.54) is 0 Å². The molecule has 0 aliphatic carbocycles. The first-order valence-corrected chi connectivity index (χ1v) is 8.90. The van der Waals surface area contributed by atoms with Crippen molar-refractivity contribution in [2.45, 2.75) is 53.6 Å². The van der Waals surface area contributed by atoms with Crippen molar-refractivity contribution in [1.29, 1.82) is 0 Å². The van der Waals surface area contributed by atoms with Crippen LogP contribution in [0.5, 0.6) is 0 Å². The maximum Gasteiger partial charge on any atom is 0.227 e. The van der Waals surface area contributed by atoms with Crippen molar-refractivity contribution in [2.75, 3.05) is 33.8 Å². The largest absolute Gasteiger partial charge is 0.377 e. The van der Waals surface area contributed by atoms with Gasteiger partial charge >= 0.3 is 0 Å². The van der Waals surface area contributed by atoms with Crippen molar-refractivity contribution in [3.05, 3.63) is 0 Å². The number of nitrogens with zero attached hydrogens (tertiary/aromatic N) is 1. The minimum Gasteiger partial charge on any atom is -0.377 e. The molecule has 140 valence electrons. The molecule has 1 amide bonds. The van der Waals surface area contributed by atoms with Gasteiger partial charge in [-0.1, -0.05) is 20.8 Å². The van der Waals surface area contributed by atoms with Gasteiger partial charge < -0.3 is 20.7 Å².